The number of pyridine rings is 1. The van der Waals surface area contributed by atoms with Crippen LogP contribution in [0.15, 0.2) is 54.9 Å². The normalized spacial score (nSPS) is 15.2. The molecule has 0 aliphatic carbocycles. The van der Waals surface area contributed by atoms with E-state index in [0.717, 1.165) is 49.9 Å². The molecule has 1 fully saturated rings. The van der Waals surface area contributed by atoms with Crippen molar-refractivity contribution < 1.29 is 19.5 Å². The first-order valence-electron chi connectivity index (χ1n) is 10.9. The fraction of sp³-hybridized carbons (Fsp3) is 0.360. The predicted octanol–water partition coefficient (Wildman–Crippen LogP) is 3.42. The summed E-state index contributed by atoms with van der Waals surface area (Å²) in [6.45, 7) is 4.05. The lowest BCUT2D eigenvalue weighted by Gasteiger charge is -2.14. The third kappa shape index (κ3) is 8.34. The van der Waals surface area contributed by atoms with Crippen molar-refractivity contribution in [2.24, 2.45) is 5.92 Å². The topological polar surface area (TPSA) is 99.6 Å². The molecule has 1 aromatic carbocycles. The lowest BCUT2D eigenvalue weighted by Crippen LogP contribution is -2.27. The first-order valence-corrected chi connectivity index (χ1v) is 10.9. The van der Waals surface area contributed by atoms with Gasteiger partial charge < -0.3 is 15.3 Å². The van der Waals surface area contributed by atoms with E-state index >= 15 is 0 Å². The van der Waals surface area contributed by atoms with Crippen LogP contribution in [-0.4, -0.2) is 52.9 Å². The maximum absolute atomic E-state index is 12.5. The highest BCUT2D eigenvalue weighted by Gasteiger charge is 2.25. The second kappa shape index (κ2) is 13.7. The number of likely N-dealkylation sites (tertiary alicyclic amines) is 1. The summed E-state index contributed by atoms with van der Waals surface area (Å²) >= 11 is 0. The van der Waals surface area contributed by atoms with Gasteiger partial charge in [0.25, 0.3) is 12.4 Å². The van der Waals surface area contributed by atoms with Crippen LogP contribution in [0.4, 0.5) is 0 Å². The van der Waals surface area contributed by atoms with Crippen molar-refractivity contribution in [1.82, 2.24) is 15.2 Å². The van der Waals surface area contributed by atoms with Gasteiger partial charge in [-0.25, -0.2) is 0 Å². The average molecular weight is 438 g/mol. The van der Waals surface area contributed by atoms with Crippen LogP contribution >= 0.6 is 0 Å². The van der Waals surface area contributed by atoms with Crippen molar-refractivity contribution in [3.8, 4) is 0 Å². The summed E-state index contributed by atoms with van der Waals surface area (Å²) in [6.07, 6.45) is 10.8. The maximum Gasteiger partial charge on any atom is 0.290 e. The number of unbranched alkanes of at least 4 members (excludes halogenated alkanes) is 1. The van der Waals surface area contributed by atoms with Crippen LogP contribution in [0.25, 0.3) is 6.08 Å². The molecule has 1 aliphatic rings. The van der Waals surface area contributed by atoms with Crippen LogP contribution in [0.3, 0.4) is 0 Å². The SMILES string of the molecule is CCCCNC(=O)c1cncc(CC2CCN(C(=O)C=Cc3ccccc3)C2)c1.O=CO. The first kappa shape index (κ1) is 24.8. The molecule has 2 N–H and O–H groups in total. The van der Waals surface area contributed by atoms with Gasteiger partial charge in [-0.15, -0.1) is 0 Å². The molecule has 1 atom stereocenters. The van der Waals surface area contributed by atoms with Crippen LogP contribution in [0.5, 0.6) is 0 Å². The van der Waals surface area contributed by atoms with E-state index < -0.39 is 0 Å². The fourth-order valence-electron chi connectivity index (χ4n) is 3.57. The van der Waals surface area contributed by atoms with Crippen molar-refractivity contribution in [3.63, 3.8) is 0 Å². The molecule has 0 radical (unpaired) electrons. The summed E-state index contributed by atoms with van der Waals surface area (Å²) in [6, 6.07) is 11.8. The molecule has 7 heteroatoms. The van der Waals surface area contributed by atoms with Crippen molar-refractivity contribution in [3.05, 3.63) is 71.6 Å². The minimum atomic E-state index is -0.250. The highest BCUT2D eigenvalue weighted by atomic mass is 16.3. The van der Waals surface area contributed by atoms with Crippen molar-refractivity contribution in [1.29, 1.82) is 0 Å². The van der Waals surface area contributed by atoms with Crippen LogP contribution in [-0.2, 0) is 16.0 Å². The Labute approximate surface area is 189 Å². The van der Waals surface area contributed by atoms with E-state index in [9.17, 15) is 9.59 Å². The number of nitrogens with one attached hydrogen (secondary N) is 1. The zero-order valence-corrected chi connectivity index (χ0v) is 18.4. The van der Waals surface area contributed by atoms with Crippen molar-refractivity contribution in [2.45, 2.75) is 32.6 Å². The van der Waals surface area contributed by atoms with Gasteiger partial charge in [0, 0.05) is 38.1 Å². The Balaban J connectivity index is 0.00000114. The third-order valence-electron chi connectivity index (χ3n) is 5.21. The summed E-state index contributed by atoms with van der Waals surface area (Å²) in [5, 5.41) is 9.82. The minimum absolute atomic E-state index is 0.0542. The number of carbonyl (C=O) groups excluding carboxylic acids is 2. The van der Waals surface area contributed by atoms with Gasteiger partial charge in [0.1, 0.15) is 0 Å². The zero-order valence-electron chi connectivity index (χ0n) is 18.4. The van der Waals surface area contributed by atoms with Gasteiger partial charge in [0.2, 0.25) is 5.91 Å². The molecule has 7 nitrogen and oxygen atoms in total. The molecule has 1 saturated heterocycles. The van der Waals surface area contributed by atoms with E-state index in [4.69, 9.17) is 9.90 Å². The summed E-state index contributed by atoms with van der Waals surface area (Å²) in [5.41, 5.74) is 2.68. The number of benzene rings is 1. The number of aromatic nitrogens is 1. The van der Waals surface area contributed by atoms with Gasteiger partial charge in [-0.2, -0.15) is 0 Å². The molecule has 2 amide bonds. The van der Waals surface area contributed by atoms with Crippen LogP contribution in [0.1, 0.15) is 47.7 Å². The van der Waals surface area contributed by atoms with Gasteiger partial charge in [-0.05, 0) is 48.4 Å². The number of rotatable bonds is 8. The van der Waals surface area contributed by atoms with Gasteiger partial charge in [0.15, 0.2) is 0 Å². The monoisotopic (exact) mass is 437 g/mol. The summed E-state index contributed by atoms with van der Waals surface area (Å²) in [4.78, 5) is 39.2. The highest BCUT2D eigenvalue weighted by molar-refractivity contribution is 5.94. The molecule has 3 rings (SSSR count). The molecule has 1 aromatic heterocycles. The predicted molar refractivity (Wildman–Crippen MR) is 124 cm³/mol. The van der Waals surface area contributed by atoms with Crippen molar-refractivity contribution >= 4 is 24.4 Å². The lowest BCUT2D eigenvalue weighted by atomic mass is 9.99. The van der Waals surface area contributed by atoms with Gasteiger partial charge in [0.05, 0.1) is 5.56 Å². The molecule has 1 unspecified atom stereocenters. The summed E-state index contributed by atoms with van der Waals surface area (Å²) < 4.78 is 0. The van der Waals surface area contributed by atoms with Crippen LogP contribution in [0.2, 0.25) is 0 Å². The molecule has 1 aliphatic heterocycles. The molecular weight excluding hydrogens is 406 g/mol. The molecular formula is C25H31N3O4. The Bertz CT molecular complexity index is 899. The number of hydrogen-bond acceptors (Lipinski definition) is 4. The second-order valence-electron chi connectivity index (χ2n) is 7.68. The zero-order chi connectivity index (χ0) is 23.2. The number of carboxylic acid groups (broad SMARTS) is 1. The third-order valence-corrected chi connectivity index (χ3v) is 5.21. The number of hydrogen-bond donors (Lipinski definition) is 2. The van der Waals surface area contributed by atoms with E-state index in [1.807, 2.05) is 53.6 Å². The van der Waals surface area contributed by atoms with Gasteiger partial charge >= 0.3 is 0 Å². The Morgan fingerprint density at radius 3 is 2.72 bits per heavy atom. The number of carbonyl (C=O) groups is 3. The number of nitrogens with zero attached hydrogens (tertiary/aromatic N) is 2. The molecule has 170 valence electrons. The van der Waals surface area contributed by atoms with Crippen LogP contribution in [0, 0.1) is 5.92 Å². The largest absolute Gasteiger partial charge is 0.483 e. The minimum Gasteiger partial charge on any atom is -0.483 e. The molecule has 2 heterocycles. The standard InChI is InChI=1S/C24H29N3O2.CH2O2/c1-2-3-12-26-24(29)22-15-21(16-25-17-22)14-20-11-13-27(18-20)23(28)10-9-19-7-5-4-6-8-19;2-1-3/h4-10,15-17,20H,2-3,11-14,18H2,1H3,(H,26,29);1H,(H,2,3). The Morgan fingerprint density at radius 1 is 1.25 bits per heavy atom. The van der Waals surface area contributed by atoms with Gasteiger partial charge in [-0.3, -0.25) is 19.4 Å². The summed E-state index contributed by atoms with van der Waals surface area (Å²) in [5.74, 6) is 0.380. The Kier molecular flexibility index (Phi) is 10.6. The molecule has 32 heavy (non-hydrogen) atoms. The first-order chi connectivity index (χ1) is 15.6. The fourth-order valence-corrected chi connectivity index (χ4v) is 3.57. The molecule has 0 spiro atoms. The van der Waals surface area contributed by atoms with Crippen LogP contribution < -0.4 is 5.32 Å². The lowest BCUT2D eigenvalue weighted by molar-refractivity contribution is -0.125. The van der Waals surface area contributed by atoms with Gasteiger partial charge in [-0.1, -0.05) is 43.7 Å². The van der Waals surface area contributed by atoms with E-state index in [-0.39, 0.29) is 18.3 Å². The second-order valence-corrected chi connectivity index (χ2v) is 7.68. The van der Waals surface area contributed by atoms with E-state index in [2.05, 4.69) is 17.2 Å². The molecule has 0 saturated carbocycles. The number of amides is 2. The van der Waals surface area contributed by atoms with E-state index in [1.165, 1.54) is 0 Å². The van der Waals surface area contributed by atoms with E-state index in [1.54, 1.807) is 12.3 Å². The smallest absolute Gasteiger partial charge is 0.290 e. The quantitative estimate of drug-likeness (QED) is 0.375. The van der Waals surface area contributed by atoms with Crippen molar-refractivity contribution in [2.75, 3.05) is 19.6 Å². The Hall–Kier alpha value is -3.48. The molecule has 0 bridgehead atoms. The van der Waals surface area contributed by atoms with E-state index in [0.29, 0.717) is 18.0 Å². The highest BCUT2D eigenvalue weighted by Crippen LogP contribution is 2.21. The summed E-state index contributed by atoms with van der Waals surface area (Å²) in [7, 11) is 0. The Morgan fingerprint density at radius 2 is 2.00 bits per heavy atom. The molecule has 2 aromatic rings. The average Bonchev–Trinajstić information content (AvgIpc) is 3.27. The maximum atomic E-state index is 12.5.